The summed E-state index contributed by atoms with van der Waals surface area (Å²) in [7, 11) is 4.72. The lowest BCUT2D eigenvalue weighted by molar-refractivity contribution is -0.119. The zero-order valence-electron chi connectivity index (χ0n) is 15.1. The van der Waals surface area contributed by atoms with Crippen LogP contribution in [0.25, 0.3) is 0 Å². The van der Waals surface area contributed by atoms with Crippen molar-refractivity contribution in [3.63, 3.8) is 0 Å². The smallest absolute Gasteiger partial charge is 0.342 e. The first-order chi connectivity index (χ1) is 12.8. The van der Waals surface area contributed by atoms with E-state index in [0.29, 0.717) is 22.0 Å². The number of carbonyl (C=O) groups excluding carboxylic acids is 3. The van der Waals surface area contributed by atoms with Gasteiger partial charge in [-0.3, -0.25) is 9.59 Å². The Morgan fingerprint density at radius 1 is 1.07 bits per heavy atom. The van der Waals surface area contributed by atoms with E-state index in [0.717, 1.165) is 0 Å². The third-order valence-corrected chi connectivity index (χ3v) is 3.77. The van der Waals surface area contributed by atoms with Crippen LogP contribution in [0, 0.1) is 0 Å². The van der Waals surface area contributed by atoms with E-state index in [1.165, 1.54) is 24.1 Å². The first-order valence-electron chi connectivity index (χ1n) is 7.94. The molecule has 8 heteroatoms. The number of rotatable bonds is 6. The highest BCUT2D eigenvalue weighted by Crippen LogP contribution is 2.23. The van der Waals surface area contributed by atoms with E-state index in [2.05, 4.69) is 5.32 Å². The SMILES string of the molecule is COc1ccc(Cl)cc1C(=O)OCC(=O)Nc1ccc(C(=O)N(C)C)cc1. The third-order valence-electron chi connectivity index (χ3n) is 3.54. The number of halogens is 1. The number of benzene rings is 2. The molecule has 0 aliphatic rings. The number of anilines is 1. The topological polar surface area (TPSA) is 84.9 Å². The maximum absolute atomic E-state index is 12.1. The molecule has 1 N–H and O–H groups in total. The molecule has 0 radical (unpaired) electrons. The number of nitrogens with one attached hydrogen (secondary N) is 1. The second-order valence-corrected chi connectivity index (χ2v) is 6.18. The number of methoxy groups -OCH3 is 1. The van der Waals surface area contributed by atoms with Gasteiger partial charge in [0.25, 0.3) is 11.8 Å². The number of hydrogen-bond donors (Lipinski definition) is 1. The number of esters is 1. The van der Waals surface area contributed by atoms with Crippen molar-refractivity contribution in [2.24, 2.45) is 0 Å². The van der Waals surface area contributed by atoms with Crippen LogP contribution < -0.4 is 10.1 Å². The Bertz CT molecular complexity index is 850. The molecule has 27 heavy (non-hydrogen) atoms. The largest absolute Gasteiger partial charge is 0.496 e. The fourth-order valence-corrected chi connectivity index (χ4v) is 2.37. The molecule has 2 rings (SSSR count). The summed E-state index contributed by atoms with van der Waals surface area (Å²) in [6.45, 7) is -0.479. The van der Waals surface area contributed by atoms with Crippen molar-refractivity contribution in [3.8, 4) is 5.75 Å². The lowest BCUT2D eigenvalue weighted by atomic mass is 10.2. The van der Waals surface area contributed by atoms with Crippen LogP contribution in [0.15, 0.2) is 42.5 Å². The number of nitrogens with zero attached hydrogens (tertiary/aromatic N) is 1. The van der Waals surface area contributed by atoms with E-state index >= 15 is 0 Å². The predicted octanol–water partition coefficient (Wildman–Crippen LogP) is 2.85. The molecule has 0 heterocycles. The Morgan fingerprint density at radius 3 is 2.33 bits per heavy atom. The molecule has 2 aromatic carbocycles. The Balaban J connectivity index is 1.94. The summed E-state index contributed by atoms with van der Waals surface area (Å²) in [5, 5.41) is 2.93. The Hall–Kier alpha value is -3.06. The van der Waals surface area contributed by atoms with Crippen LogP contribution in [-0.4, -0.2) is 50.5 Å². The molecule has 142 valence electrons. The second-order valence-electron chi connectivity index (χ2n) is 5.75. The van der Waals surface area contributed by atoms with E-state index in [1.54, 1.807) is 44.4 Å². The average molecular weight is 391 g/mol. The van der Waals surface area contributed by atoms with Crippen LogP contribution in [0.3, 0.4) is 0 Å². The molecule has 2 aromatic rings. The second kappa shape index (κ2) is 9.05. The van der Waals surface area contributed by atoms with Gasteiger partial charge in [0.1, 0.15) is 11.3 Å². The van der Waals surface area contributed by atoms with Gasteiger partial charge < -0.3 is 19.7 Å². The van der Waals surface area contributed by atoms with Gasteiger partial charge in [-0.15, -0.1) is 0 Å². The first-order valence-corrected chi connectivity index (χ1v) is 8.32. The minimum Gasteiger partial charge on any atom is -0.496 e. The van der Waals surface area contributed by atoms with Crippen molar-refractivity contribution in [2.75, 3.05) is 33.1 Å². The standard InChI is InChI=1S/C19H19ClN2O5/c1-22(2)18(24)12-4-7-14(8-5-12)21-17(23)11-27-19(25)15-10-13(20)6-9-16(15)26-3/h4-10H,11H2,1-3H3,(H,21,23). The van der Waals surface area contributed by atoms with Crippen molar-refractivity contribution in [1.82, 2.24) is 4.90 Å². The third kappa shape index (κ3) is 5.46. The molecule has 0 saturated carbocycles. The van der Waals surface area contributed by atoms with Gasteiger partial charge in [-0.1, -0.05) is 11.6 Å². The molecule has 0 saturated heterocycles. The highest BCUT2D eigenvalue weighted by atomic mass is 35.5. The summed E-state index contributed by atoms with van der Waals surface area (Å²) in [5.74, 6) is -1.09. The summed E-state index contributed by atoms with van der Waals surface area (Å²) < 4.78 is 10.1. The van der Waals surface area contributed by atoms with E-state index in [4.69, 9.17) is 21.1 Å². The molecule has 0 aromatic heterocycles. The van der Waals surface area contributed by atoms with Gasteiger partial charge in [-0.2, -0.15) is 0 Å². The molecular formula is C19H19ClN2O5. The molecule has 2 amide bonds. The average Bonchev–Trinajstić information content (AvgIpc) is 2.66. The number of carbonyl (C=O) groups is 3. The number of ether oxygens (including phenoxy) is 2. The Morgan fingerprint density at radius 2 is 1.74 bits per heavy atom. The van der Waals surface area contributed by atoms with Crippen LogP contribution in [0.4, 0.5) is 5.69 Å². The molecule has 7 nitrogen and oxygen atoms in total. The maximum atomic E-state index is 12.1. The molecule has 0 aliphatic heterocycles. The quantitative estimate of drug-likeness (QED) is 0.766. The van der Waals surface area contributed by atoms with E-state index < -0.39 is 18.5 Å². The zero-order valence-corrected chi connectivity index (χ0v) is 15.9. The summed E-state index contributed by atoms with van der Waals surface area (Å²) in [6.07, 6.45) is 0. The minimum atomic E-state index is -0.726. The summed E-state index contributed by atoms with van der Waals surface area (Å²) >= 11 is 5.87. The summed E-state index contributed by atoms with van der Waals surface area (Å²) in [5.41, 5.74) is 1.11. The Labute approximate surface area is 161 Å². The number of hydrogen-bond acceptors (Lipinski definition) is 5. The lowest BCUT2D eigenvalue weighted by Crippen LogP contribution is -2.22. The van der Waals surface area contributed by atoms with Crippen LogP contribution in [0.1, 0.15) is 20.7 Å². The van der Waals surface area contributed by atoms with E-state index in [1.807, 2.05) is 0 Å². The molecular weight excluding hydrogens is 372 g/mol. The van der Waals surface area contributed by atoms with Crippen LogP contribution >= 0.6 is 11.6 Å². The van der Waals surface area contributed by atoms with Gasteiger partial charge in [-0.05, 0) is 42.5 Å². The van der Waals surface area contributed by atoms with E-state index in [9.17, 15) is 14.4 Å². The van der Waals surface area contributed by atoms with Gasteiger partial charge in [0.2, 0.25) is 0 Å². The van der Waals surface area contributed by atoms with Gasteiger partial charge >= 0.3 is 5.97 Å². The maximum Gasteiger partial charge on any atom is 0.342 e. The number of amides is 2. The van der Waals surface area contributed by atoms with Gasteiger partial charge in [-0.25, -0.2) is 4.79 Å². The highest BCUT2D eigenvalue weighted by Gasteiger charge is 2.16. The fraction of sp³-hybridized carbons (Fsp3) is 0.211. The zero-order chi connectivity index (χ0) is 20.0. The van der Waals surface area contributed by atoms with Crippen LogP contribution in [-0.2, 0) is 9.53 Å². The highest BCUT2D eigenvalue weighted by molar-refractivity contribution is 6.31. The molecule has 0 spiro atoms. The van der Waals surface area contributed by atoms with Crippen molar-refractivity contribution >= 4 is 35.1 Å². The van der Waals surface area contributed by atoms with Gasteiger partial charge in [0.05, 0.1) is 7.11 Å². The molecule has 0 bridgehead atoms. The van der Waals surface area contributed by atoms with Crippen molar-refractivity contribution in [3.05, 3.63) is 58.6 Å². The summed E-state index contributed by atoms with van der Waals surface area (Å²) in [6, 6.07) is 10.9. The van der Waals surface area contributed by atoms with Gasteiger partial charge in [0, 0.05) is 30.4 Å². The molecule has 0 unspecified atom stereocenters. The fourth-order valence-electron chi connectivity index (χ4n) is 2.20. The van der Waals surface area contributed by atoms with Crippen molar-refractivity contribution in [1.29, 1.82) is 0 Å². The molecule has 0 atom stereocenters. The van der Waals surface area contributed by atoms with Crippen LogP contribution in [0.5, 0.6) is 5.75 Å². The monoisotopic (exact) mass is 390 g/mol. The normalized spacial score (nSPS) is 10.1. The summed E-state index contributed by atoms with van der Waals surface area (Å²) in [4.78, 5) is 37.4. The first kappa shape index (κ1) is 20.3. The Kier molecular flexibility index (Phi) is 6.79. The predicted molar refractivity (Wildman–Crippen MR) is 101 cm³/mol. The molecule has 0 fully saturated rings. The van der Waals surface area contributed by atoms with Crippen molar-refractivity contribution < 1.29 is 23.9 Å². The van der Waals surface area contributed by atoms with Crippen molar-refractivity contribution in [2.45, 2.75) is 0 Å². The molecule has 0 aliphatic carbocycles. The minimum absolute atomic E-state index is 0.129. The van der Waals surface area contributed by atoms with Gasteiger partial charge in [0.15, 0.2) is 6.61 Å². The van der Waals surface area contributed by atoms with E-state index in [-0.39, 0.29) is 11.5 Å². The lowest BCUT2D eigenvalue weighted by Gasteiger charge is -2.11. The van der Waals surface area contributed by atoms with Crippen LogP contribution in [0.2, 0.25) is 5.02 Å².